The first-order valence-corrected chi connectivity index (χ1v) is 6.91. The van der Waals surface area contributed by atoms with Gasteiger partial charge in [-0.05, 0) is 31.6 Å². The molecule has 2 rings (SSSR count). The molecule has 5 heteroatoms. The molecular weight excluding hydrogens is 230 g/mol. The number of nitrogens with zero attached hydrogens (tertiary/aromatic N) is 1. The Morgan fingerprint density at radius 1 is 1.44 bits per heavy atom. The lowest BCUT2D eigenvalue weighted by Gasteiger charge is -2.27. The minimum Gasteiger partial charge on any atom is -0.396 e. The van der Waals surface area contributed by atoms with E-state index >= 15 is 0 Å². The highest BCUT2D eigenvalue weighted by Gasteiger charge is 2.34. The minimum absolute atomic E-state index is 0.0753. The molecule has 1 atom stereocenters. The van der Waals surface area contributed by atoms with Gasteiger partial charge in [0, 0.05) is 38.8 Å². The lowest BCUT2D eigenvalue weighted by Crippen LogP contribution is -2.45. The maximum Gasteiger partial charge on any atom is 0.191 e. The molecule has 0 radical (unpaired) electrons. The molecule has 0 aromatic carbocycles. The highest BCUT2D eigenvalue weighted by molar-refractivity contribution is 5.79. The van der Waals surface area contributed by atoms with Gasteiger partial charge in [-0.3, -0.25) is 4.99 Å². The van der Waals surface area contributed by atoms with Gasteiger partial charge in [0.15, 0.2) is 5.96 Å². The number of aliphatic imine (C=N–C) groups is 1. The first-order chi connectivity index (χ1) is 8.78. The van der Waals surface area contributed by atoms with Crippen molar-refractivity contribution in [2.24, 2.45) is 16.3 Å². The third kappa shape index (κ3) is 3.85. The third-order valence-corrected chi connectivity index (χ3v) is 3.94. The highest BCUT2D eigenvalue weighted by atomic mass is 16.5. The molecule has 0 aromatic rings. The molecule has 1 heterocycles. The lowest BCUT2D eigenvalue weighted by molar-refractivity contribution is 0.127. The van der Waals surface area contributed by atoms with Crippen LogP contribution >= 0.6 is 0 Å². The van der Waals surface area contributed by atoms with Crippen molar-refractivity contribution in [1.29, 1.82) is 0 Å². The standard InChI is InChI=1S/C13H25N3O2/c1-14-12(15-8-11-2-3-11)16-9-13(4-6-17)5-7-18-10-13/h11,17H,2-10H2,1H3,(H2,14,15,16). The Hall–Kier alpha value is -0.810. The summed E-state index contributed by atoms with van der Waals surface area (Å²) >= 11 is 0. The van der Waals surface area contributed by atoms with Crippen molar-refractivity contribution in [1.82, 2.24) is 10.6 Å². The second-order valence-corrected chi connectivity index (χ2v) is 5.53. The average Bonchev–Trinajstić information content (AvgIpc) is 3.10. The van der Waals surface area contributed by atoms with Crippen LogP contribution in [0.25, 0.3) is 0 Å². The third-order valence-electron chi connectivity index (χ3n) is 3.94. The Kier molecular flexibility index (Phi) is 4.83. The van der Waals surface area contributed by atoms with E-state index in [9.17, 15) is 0 Å². The number of hydrogen-bond donors (Lipinski definition) is 3. The van der Waals surface area contributed by atoms with E-state index in [1.54, 1.807) is 7.05 Å². The summed E-state index contributed by atoms with van der Waals surface area (Å²) in [6.45, 7) is 3.59. The Morgan fingerprint density at radius 3 is 2.83 bits per heavy atom. The van der Waals surface area contributed by atoms with Crippen LogP contribution in [0.3, 0.4) is 0 Å². The van der Waals surface area contributed by atoms with E-state index in [1.165, 1.54) is 12.8 Å². The summed E-state index contributed by atoms with van der Waals surface area (Å²) in [5.41, 5.74) is 0.0753. The van der Waals surface area contributed by atoms with E-state index < -0.39 is 0 Å². The van der Waals surface area contributed by atoms with Gasteiger partial charge in [-0.1, -0.05) is 0 Å². The van der Waals surface area contributed by atoms with Crippen LogP contribution in [-0.4, -0.2) is 51.0 Å². The Balaban J connectivity index is 1.75. The predicted octanol–water partition coefficient (Wildman–Crippen LogP) is 0.351. The molecule has 1 aliphatic heterocycles. The van der Waals surface area contributed by atoms with Crippen molar-refractivity contribution in [2.75, 3.05) is 40.0 Å². The average molecular weight is 255 g/mol. The van der Waals surface area contributed by atoms with Gasteiger partial charge in [-0.15, -0.1) is 0 Å². The van der Waals surface area contributed by atoms with E-state index in [2.05, 4.69) is 15.6 Å². The monoisotopic (exact) mass is 255 g/mol. The van der Waals surface area contributed by atoms with Crippen molar-refractivity contribution in [2.45, 2.75) is 25.7 Å². The van der Waals surface area contributed by atoms with Crippen LogP contribution < -0.4 is 10.6 Å². The van der Waals surface area contributed by atoms with Crippen molar-refractivity contribution < 1.29 is 9.84 Å². The van der Waals surface area contributed by atoms with Crippen LogP contribution in [0.2, 0.25) is 0 Å². The summed E-state index contributed by atoms with van der Waals surface area (Å²) in [5, 5.41) is 15.9. The maximum absolute atomic E-state index is 9.17. The predicted molar refractivity (Wildman–Crippen MR) is 71.7 cm³/mol. The molecule has 2 aliphatic rings. The number of rotatable bonds is 6. The molecule has 0 bridgehead atoms. The van der Waals surface area contributed by atoms with Gasteiger partial charge in [0.1, 0.15) is 0 Å². The molecule has 1 aliphatic carbocycles. The second-order valence-electron chi connectivity index (χ2n) is 5.53. The number of ether oxygens (including phenoxy) is 1. The molecule has 1 unspecified atom stereocenters. The Morgan fingerprint density at radius 2 is 2.28 bits per heavy atom. The van der Waals surface area contributed by atoms with Crippen molar-refractivity contribution in [3.8, 4) is 0 Å². The maximum atomic E-state index is 9.17. The molecule has 3 N–H and O–H groups in total. The van der Waals surface area contributed by atoms with E-state index in [-0.39, 0.29) is 12.0 Å². The fourth-order valence-electron chi connectivity index (χ4n) is 2.37. The normalized spacial score (nSPS) is 28.4. The van der Waals surface area contributed by atoms with Crippen LogP contribution in [0, 0.1) is 11.3 Å². The van der Waals surface area contributed by atoms with E-state index in [0.29, 0.717) is 0 Å². The number of nitrogens with one attached hydrogen (secondary N) is 2. The number of aliphatic hydroxyl groups is 1. The van der Waals surface area contributed by atoms with Crippen LogP contribution in [0.5, 0.6) is 0 Å². The molecule has 1 saturated heterocycles. The summed E-state index contributed by atoms with van der Waals surface area (Å²) in [7, 11) is 1.80. The van der Waals surface area contributed by atoms with E-state index in [0.717, 1.165) is 51.0 Å². The van der Waals surface area contributed by atoms with Crippen LogP contribution in [0.1, 0.15) is 25.7 Å². The molecular formula is C13H25N3O2. The molecule has 104 valence electrons. The number of hydrogen-bond acceptors (Lipinski definition) is 3. The molecule has 2 fully saturated rings. The van der Waals surface area contributed by atoms with Crippen LogP contribution in [0.4, 0.5) is 0 Å². The van der Waals surface area contributed by atoms with Gasteiger partial charge in [0.25, 0.3) is 0 Å². The lowest BCUT2D eigenvalue weighted by atomic mass is 9.84. The molecule has 5 nitrogen and oxygen atoms in total. The zero-order valence-electron chi connectivity index (χ0n) is 11.2. The molecule has 0 spiro atoms. The van der Waals surface area contributed by atoms with E-state index in [1.807, 2.05) is 0 Å². The van der Waals surface area contributed by atoms with Crippen molar-refractivity contribution in [3.63, 3.8) is 0 Å². The summed E-state index contributed by atoms with van der Waals surface area (Å²) in [6, 6.07) is 0. The quantitative estimate of drug-likeness (QED) is 0.473. The van der Waals surface area contributed by atoms with Gasteiger partial charge in [-0.25, -0.2) is 0 Å². The zero-order valence-corrected chi connectivity index (χ0v) is 11.2. The largest absolute Gasteiger partial charge is 0.396 e. The van der Waals surface area contributed by atoms with Crippen LogP contribution in [-0.2, 0) is 4.74 Å². The fraction of sp³-hybridized carbons (Fsp3) is 0.923. The SMILES string of the molecule is CN=C(NCC1CC1)NCC1(CCO)CCOC1. The van der Waals surface area contributed by atoms with Crippen molar-refractivity contribution in [3.05, 3.63) is 0 Å². The topological polar surface area (TPSA) is 65.9 Å². The summed E-state index contributed by atoms with van der Waals surface area (Å²) in [6.07, 6.45) is 4.48. The summed E-state index contributed by atoms with van der Waals surface area (Å²) < 4.78 is 5.48. The fourth-order valence-corrected chi connectivity index (χ4v) is 2.37. The highest BCUT2D eigenvalue weighted by Crippen LogP contribution is 2.31. The summed E-state index contributed by atoms with van der Waals surface area (Å²) in [5.74, 6) is 1.70. The van der Waals surface area contributed by atoms with Gasteiger partial charge < -0.3 is 20.5 Å². The molecule has 18 heavy (non-hydrogen) atoms. The molecule has 0 aromatic heterocycles. The van der Waals surface area contributed by atoms with Crippen molar-refractivity contribution >= 4 is 5.96 Å². The molecule has 1 saturated carbocycles. The minimum atomic E-state index is 0.0753. The van der Waals surface area contributed by atoms with Gasteiger partial charge in [0.05, 0.1) is 6.61 Å². The van der Waals surface area contributed by atoms with Crippen LogP contribution in [0.15, 0.2) is 4.99 Å². The zero-order chi connectivity index (χ0) is 12.8. The Labute approximate surface area is 109 Å². The van der Waals surface area contributed by atoms with Gasteiger partial charge in [-0.2, -0.15) is 0 Å². The smallest absolute Gasteiger partial charge is 0.191 e. The summed E-state index contributed by atoms with van der Waals surface area (Å²) in [4.78, 5) is 4.23. The second kappa shape index (κ2) is 6.38. The van der Waals surface area contributed by atoms with Gasteiger partial charge in [0.2, 0.25) is 0 Å². The molecule has 0 amide bonds. The number of aliphatic hydroxyl groups excluding tert-OH is 1. The number of guanidine groups is 1. The van der Waals surface area contributed by atoms with Gasteiger partial charge >= 0.3 is 0 Å². The van der Waals surface area contributed by atoms with E-state index in [4.69, 9.17) is 9.84 Å². The first-order valence-electron chi connectivity index (χ1n) is 6.91. The first kappa shape index (κ1) is 13.6. The Bertz CT molecular complexity index is 284.